The number of benzene rings is 3. The second-order valence-corrected chi connectivity index (χ2v) is 6.05. The molecular weight excluding hydrogens is 319 g/mol. The maximum absolute atomic E-state index is 13.5. The van der Waals surface area contributed by atoms with Gasteiger partial charge in [-0.05, 0) is 29.3 Å². The number of fused-ring (bicyclic) bond motifs is 1. The first-order valence-electron chi connectivity index (χ1n) is 7.94. The lowest BCUT2D eigenvalue weighted by Crippen LogP contribution is -2.31. The van der Waals surface area contributed by atoms with Crippen LogP contribution in [0.4, 0.5) is 4.39 Å². The Labute approximate surface area is 144 Å². The van der Waals surface area contributed by atoms with Gasteiger partial charge in [-0.1, -0.05) is 54.6 Å². The summed E-state index contributed by atoms with van der Waals surface area (Å²) in [6.45, 7) is 0.266. The summed E-state index contributed by atoms with van der Waals surface area (Å²) >= 11 is 0. The van der Waals surface area contributed by atoms with Gasteiger partial charge in [-0.2, -0.15) is 0 Å². The summed E-state index contributed by atoms with van der Waals surface area (Å²) in [5, 5.41) is 9.47. The van der Waals surface area contributed by atoms with Gasteiger partial charge in [-0.15, -0.1) is 0 Å². The molecule has 1 aliphatic rings. The summed E-state index contributed by atoms with van der Waals surface area (Å²) in [4.78, 5) is 11.6. The van der Waals surface area contributed by atoms with E-state index in [1.54, 1.807) is 18.2 Å². The summed E-state index contributed by atoms with van der Waals surface area (Å²) < 4.78 is 19.3. The third kappa shape index (κ3) is 2.30. The molecule has 0 aromatic heterocycles. The van der Waals surface area contributed by atoms with Crippen molar-refractivity contribution in [1.29, 1.82) is 0 Å². The summed E-state index contributed by atoms with van der Waals surface area (Å²) in [6, 6.07) is 21.2. The average molecular weight is 334 g/mol. The van der Waals surface area contributed by atoms with Crippen LogP contribution in [0.3, 0.4) is 0 Å². The molecule has 3 nitrogen and oxygen atoms in total. The van der Waals surface area contributed by atoms with Crippen molar-refractivity contribution in [3.8, 4) is 5.75 Å². The molecule has 0 aliphatic carbocycles. The third-order valence-corrected chi connectivity index (χ3v) is 4.74. The number of rotatable bonds is 3. The number of hydrogen-bond donors (Lipinski definition) is 1. The smallest absolute Gasteiger partial charge is 0.339 e. The highest BCUT2D eigenvalue weighted by atomic mass is 19.1. The minimum atomic E-state index is -1.03. The Kier molecular flexibility index (Phi) is 3.53. The summed E-state index contributed by atoms with van der Waals surface area (Å²) in [7, 11) is 0. The number of carbonyl (C=O) groups is 1. The number of ether oxygens (including phenoxy) is 1. The van der Waals surface area contributed by atoms with Gasteiger partial charge in [0.05, 0.1) is 5.41 Å². The predicted molar refractivity (Wildman–Crippen MR) is 91.6 cm³/mol. The van der Waals surface area contributed by atoms with Gasteiger partial charge in [-0.3, -0.25) is 0 Å². The lowest BCUT2D eigenvalue weighted by Gasteiger charge is -2.29. The maximum Gasteiger partial charge on any atom is 0.339 e. The predicted octanol–water partition coefficient (Wildman–Crippen LogP) is 4.25. The second kappa shape index (κ2) is 5.74. The normalized spacial score (nSPS) is 18.4. The van der Waals surface area contributed by atoms with E-state index in [9.17, 15) is 14.3 Å². The van der Waals surface area contributed by atoms with E-state index in [4.69, 9.17) is 4.74 Å². The molecule has 4 rings (SSSR count). The Morgan fingerprint density at radius 3 is 2.28 bits per heavy atom. The van der Waals surface area contributed by atoms with Crippen molar-refractivity contribution in [1.82, 2.24) is 0 Å². The molecule has 1 N–H and O–H groups in total. The second-order valence-electron chi connectivity index (χ2n) is 6.05. The van der Waals surface area contributed by atoms with Crippen LogP contribution in [0.2, 0.25) is 0 Å². The zero-order chi connectivity index (χ0) is 17.4. The molecule has 25 heavy (non-hydrogen) atoms. The molecule has 0 bridgehead atoms. The van der Waals surface area contributed by atoms with E-state index in [0.717, 1.165) is 16.7 Å². The quantitative estimate of drug-likeness (QED) is 0.779. The van der Waals surface area contributed by atoms with Gasteiger partial charge in [0, 0.05) is 5.56 Å². The van der Waals surface area contributed by atoms with Crippen LogP contribution in [0.1, 0.15) is 27.0 Å². The first-order chi connectivity index (χ1) is 12.1. The summed E-state index contributed by atoms with van der Waals surface area (Å²) in [6.07, 6.45) is 0. The zero-order valence-corrected chi connectivity index (χ0v) is 13.3. The summed E-state index contributed by atoms with van der Waals surface area (Å²) in [5.41, 5.74) is 2.09. The van der Waals surface area contributed by atoms with Crippen LogP contribution >= 0.6 is 0 Å². The van der Waals surface area contributed by atoms with Gasteiger partial charge in [0.25, 0.3) is 0 Å². The van der Waals surface area contributed by atoms with Crippen LogP contribution in [0, 0.1) is 5.82 Å². The topological polar surface area (TPSA) is 46.5 Å². The van der Waals surface area contributed by atoms with Crippen molar-refractivity contribution < 1.29 is 19.0 Å². The van der Waals surface area contributed by atoms with E-state index in [1.807, 2.05) is 36.4 Å². The van der Waals surface area contributed by atoms with Gasteiger partial charge < -0.3 is 9.84 Å². The van der Waals surface area contributed by atoms with Gasteiger partial charge >= 0.3 is 5.97 Å². The highest BCUT2D eigenvalue weighted by Gasteiger charge is 2.45. The van der Waals surface area contributed by atoms with Crippen LogP contribution in [0.15, 0.2) is 72.8 Å². The Morgan fingerprint density at radius 1 is 0.920 bits per heavy atom. The molecule has 3 aromatic rings. The minimum Gasteiger partial charge on any atom is -0.491 e. The van der Waals surface area contributed by atoms with Gasteiger partial charge in [0.2, 0.25) is 0 Å². The van der Waals surface area contributed by atoms with Crippen LogP contribution in [-0.4, -0.2) is 17.7 Å². The molecule has 4 heteroatoms. The minimum absolute atomic E-state index is 0.136. The number of para-hydroxylation sites is 1. The largest absolute Gasteiger partial charge is 0.491 e. The lowest BCUT2D eigenvalue weighted by atomic mass is 9.70. The standard InChI is InChI=1S/C21H15FO3/c22-16-11-9-15(10-12-16)21(14-5-2-1-3-6-14)13-25-19-17(20(23)24)7-4-8-18(19)21/h1-12H,13H2,(H,23,24). The Hall–Kier alpha value is -3.14. The summed E-state index contributed by atoms with van der Waals surface area (Å²) in [5.74, 6) is -0.964. The molecule has 0 saturated carbocycles. The number of carboxylic acid groups (broad SMARTS) is 1. The van der Waals surface area contributed by atoms with Crippen LogP contribution in [-0.2, 0) is 5.41 Å². The van der Waals surface area contributed by atoms with Crippen molar-refractivity contribution in [2.75, 3.05) is 6.61 Å². The molecule has 1 aliphatic heterocycles. The molecular formula is C21H15FO3. The highest BCUT2D eigenvalue weighted by molar-refractivity contribution is 5.92. The number of halogens is 1. The van der Waals surface area contributed by atoms with Crippen LogP contribution in [0.5, 0.6) is 5.75 Å². The van der Waals surface area contributed by atoms with Gasteiger partial charge in [0.1, 0.15) is 23.7 Å². The average Bonchev–Trinajstić information content (AvgIpc) is 3.03. The molecule has 1 unspecified atom stereocenters. The Balaban J connectivity index is 2.02. The van der Waals surface area contributed by atoms with Crippen molar-refractivity contribution >= 4 is 5.97 Å². The molecule has 124 valence electrons. The fraction of sp³-hybridized carbons (Fsp3) is 0.0952. The van der Waals surface area contributed by atoms with Gasteiger partial charge in [0.15, 0.2) is 0 Å². The molecule has 3 aromatic carbocycles. The maximum atomic E-state index is 13.5. The molecule has 0 spiro atoms. The number of carboxylic acids is 1. The Morgan fingerprint density at radius 2 is 1.60 bits per heavy atom. The molecule has 0 radical (unpaired) electrons. The van der Waals surface area contributed by atoms with E-state index in [1.165, 1.54) is 18.2 Å². The highest BCUT2D eigenvalue weighted by Crippen LogP contribution is 2.49. The number of aromatic carboxylic acids is 1. The van der Waals surface area contributed by atoms with E-state index < -0.39 is 11.4 Å². The fourth-order valence-electron chi connectivity index (χ4n) is 3.56. The molecule has 0 saturated heterocycles. The van der Waals surface area contributed by atoms with Crippen molar-refractivity contribution in [2.45, 2.75) is 5.41 Å². The third-order valence-electron chi connectivity index (χ3n) is 4.74. The van der Waals surface area contributed by atoms with Crippen molar-refractivity contribution in [3.63, 3.8) is 0 Å². The monoisotopic (exact) mass is 334 g/mol. The van der Waals surface area contributed by atoms with E-state index in [0.29, 0.717) is 5.75 Å². The van der Waals surface area contributed by atoms with Gasteiger partial charge in [-0.25, -0.2) is 9.18 Å². The van der Waals surface area contributed by atoms with Crippen LogP contribution < -0.4 is 4.74 Å². The first-order valence-corrected chi connectivity index (χ1v) is 7.94. The molecule has 0 fully saturated rings. The first kappa shape index (κ1) is 15.4. The zero-order valence-electron chi connectivity index (χ0n) is 13.3. The number of hydrogen-bond acceptors (Lipinski definition) is 2. The molecule has 0 amide bonds. The SMILES string of the molecule is O=C(O)c1cccc2c1OCC2(c1ccccc1)c1ccc(F)cc1. The van der Waals surface area contributed by atoms with Crippen molar-refractivity contribution in [3.05, 3.63) is 101 Å². The van der Waals surface area contributed by atoms with E-state index in [-0.39, 0.29) is 18.0 Å². The van der Waals surface area contributed by atoms with Crippen molar-refractivity contribution in [2.24, 2.45) is 0 Å². The molecule has 1 atom stereocenters. The Bertz CT molecular complexity index is 935. The van der Waals surface area contributed by atoms with E-state index >= 15 is 0 Å². The van der Waals surface area contributed by atoms with Crippen LogP contribution in [0.25, 0.3) is 0 Å². The fourth-order valence-corrected chi connectivity index (χ4v) is 3.56. The molecule has 1 heterocycles. The van der Waals surface area contributed by atoms with E-state index in [2.05, 4.69) is 0 Å². The lowest BCUT2D eigenvalue weighted by molar-refractivity contribution is 0.0693.